The zero-order valence-corrected chi connectivity index (χ0v) is 8.15. The van der Waals surface area contributed by atoms with E-state index in [9.17, 15) is 0 Å². The van der Waals surface area contributed by atoms with E-state index < -0.39 is 0 Å². The van der Waals surface area contributed by atoms with E-state index in [1.807, 2.05) is 0 Å². The predicted molar refractivity (Wildman–Crippen MR) is 51.6 cm³/mol. The van der Waals surface area contributed by atoms with Gasteiger partial charge < -0.3 is 15.6 Å². The third kappa shape index (κ3) is 2.52. The molecular weight excluding hydrogens is 180 g/mol. The van der Waals surface area contributed by atoms with E-state index in [0.29, 0.717) is 18.0 Å². The molecule has 1 aliphatic rings. The largest absolute Gasteiger partial charge is 0.340 e. The topological polar surface area (TPSA) is 77.0 Å². The van der Waals surface area contributed by atoms with Gasteiger partial charge in [-0.3, -0.25) is 0 Å². The Morgan fingerprint density at radius 3 is 3.14 bits per heavy atom. The monoisotopic (exact) mass is 196 g/mol. The summed E-state index contributed by atoms with van der Waals surface area (Å²) >= 11 is 0. The van der Waals surface area contributed by atoms with Crippen LogP contribution in [-0.4, -0.2) is 28.8 Å². The van der Waals surface area contributed by atoms with Crippen LogP contribution in [-0.2, 0) is 6.42 Å². The maximum atomic E-state index is 5.81. The van der Waals surface area contributed by atoms with Crippen molar-refractivity contribution in [2.75, 3.05) is 6.54 Å². The summed E-state index contributed by atoms with van der Waals surface area (Å²) in [5, 5.41) is 6.99. The lowest BCUT2D eigenvalue weighted by Gasteiger charge is -2.10. The second-order valence-corrected chi connectivity index (χ2v) is 3.81. The number of hydrogen-bond acceptors (Lipinski definition) is 5. The van der Waals surface area contributed by atoms with Crippen LogP contribution >= 0.6 is 0 Å². The van der Waals surface area contributed by atoms with Crippen LogP contribution in [0, 0.1) is 0 Å². The van der Waals surface area contributed by atoms with Crippen molar-refractivity contribution in [2.24, 2.45) is 5.73 Å². The molecule has 1 fully saturated rings. The third-order valence-electron chi connectivity index (χ3n) is 2.65. The van der Waals surface area contributed by atoms with Crippen molar-refractivity contribution in [3.05, 3.63) is 12.2 Å². The molecule has 1 saturated carbocycles. The van der Waals surface area contributed by atoms with Gasteiger partial charge >= 0.3 is 0 Å². The van der Waals surface area contributed by atoms with Crippen molar-refractivity contribution in [1.82, 2.24) is 15.5 Å². The van der Waals surface area contributed by atoms with Crippen molar-refractivity contribution in [3.8, 4) is 0 Å². The van der Waals surface area contributed by atoms with Crippen molar-refractivity contribution in [3.63, 3.8) is 0 Å². The van der Waals surface area contributed by atoms with Gasteiger partial charge in [-0.25, -0.2) is 0 Å². The van der Waals surface area contributed by atoms with Crippen LogP contribution < -0.4 is 11.1 Å². The van der Waals surface area contributed by atoms with Gasteiger partial charge in [-0.15, -0.1) is 0 Å². The van der Waals surface area contributed by atoms with Crippen molar-refractivity contribution >= 4 is 0 Å². The van der Waals surface area contributed by atoms with Crippen LogP contribution in [0.25, 0.3) is 0 Å². The Morgan fingerprint density at radius 2 is 2.50 bits per heavy atom. The maximum Gasteiger partial charge on any atom is 0.227 e. The first-order valence-corrected chi connectivity index (χ1v) is 5.09. The van der Waals surface area contributed by atoms with E-state index in [-0.39, 0.29) is 0 Å². The zero-order valence-electron chi connectivity index (χ0n) is 8.15. The van der Waals surface area contributed by atoms with Gasteiger partial charge in [0.05, 0.1) is 0 Å². The Bertz CT molecular complexity index is 262. The second kappa shape index (κ2) is 4.52. The van der Waals surface area contributed by atoms with Gasteiger partial charge in [0, 0.05) is 25.0 Å². The minimum absolute atomic E-state index is 0.385. The lowest BCUT2D eigenvalue weighted by atomic mass is 10.2. The SMILES string of the molecule is NC1CCC(NCCc2ncno2)C1. The molecule has 1 aromatic heterocycles. The standard InChI is InChI=1S/C9H16N4O/c10-7-1-2-8(5-7)11-4-3-9-12-6-13-14-9/h6-8,11H,1-5,10H2. The van der Waals surface area contributed by atoms with Gasteiger partial charge in [0.15, 0.2) is 6.33 Å². The fourth-order valence-electron chi connectivity index (χ4n) is 1.89. The van der Waals surface area contributed by atoms with Crippen LogP contribution in [0.4, 0.5) is 0 Å². The van der Waals surface area contributed by atoms with E-state index in [0.717, 1.165) is 25.8 Å². The highest BCUT2D eigenvalue weighted by Gasteiger charge is 2.20. The van der Waals surface area contributed by atoms with E-state index in [1.165, 1.54) is 12.7 Å². The Kier molecular flexibility index (Phi) is 3.10. The lowest BCUT2D eigenvalue weighted by molar-refractivity contribution is 0.371. The molecule has 5 nitrogen and oxygen atoms in total. The first-order chi connectivity index (χ1) is 6.84. The third-order valence-corrected chi connectivity index (χ3v) is 2.65. The molecule has 5 heteroatoms. The summed E-state index contributed by atoms with van der Waals surface area (Å²) in [6, 6.07) is 0.962. The van der Waals surface area contributed by atoms with Crippen LogP contribution in [0.3, 0.4) is 0 Å². The molecule has 2 atom stereocenters. The molecule has 0 saturated heterocycles. The van der Waals surface area contributed by atoms with E-state index in [2.05, 4.69) is 15.5 Å². The van der Waals surface area contributed by atoms with Crippen LogP contribution in [0.1, 0.15) is 25.2 Å². The summed E-state index contributed by atoms with van der Waals surface area (Å²) in [7, 11) is 0. The van der Waals surface area contributed by atoms with E-state index in [4.69, 9.17) is 10.3 Å². The highest BCUT2D eigenvalue weighted by Crippen LogP contribution is 2.16. The molecule has 0 bridgehead atoms. The highest BCUT2D eigenvalue weighted by molar-refractivity contribution is 4.84. The molecule has 2 unspecified atom stereocenters. The summed E-state index contributed by atoms with van der Waals surface area (Å²) in [4.78, 5) is 3.95. The molecule has 14 heavy (non-hydrogen) atoms. The van der Waals surface area contributed by atoms with Gasteiger partial charge in [0.2, 0.25) is 5.89 Å². The number of hydrogen-bond donors (Lipinski definition) is 2. The Hall–Kier alpha value is -0.940. The molecule has 2 rings (SSSR count). The van der Waals surface area contributed by atoms with Gasteiger partial charge in [-0.05, 0) is 19.3 Å². The van der Waals surface area contributed by atoms with Gasteiger partial charge in [-0.2, -0.15) is 4.98 Å². The molecule has 78 valence electrons. The van der Waals surface area contributed by atoms with Crippen molar-refractivity contribution in [1.29, 1.82) is 0 Å². The number of nitrogens with zero attached hydrogens (tertiary/aromatic N) is 2. The van der Waals surface area contributed by atoms with E-state index >= 15 is 0 Å². The molecule has 3 N–H and O–H groups in total. The molecule has 0 radical (unpaired) electrons. The van der Waals surface area contributed by atoms with Gasteiger partial charge in [0.25, 0.3) is 0 Å². The first kappa shape index (κ1) is 9.61. The summed E-state index contributed by atoms with van der Waals surface area (Å²) < 4.78 is 4.89. The average Bonchev–Trinajstić information content (AvgIpc) is 2.77. The quantitative estimate of drug-likeness (QED) is 0.713. The Balaban J connectivity index is 1.64. The number of nitrogens with two attached hydrogens (primary N) is 1. The summed E-state index contributed by atoms with van der Waals surface area (Å²) in [5.74, 6) is 0.694. The Morgan fingerprint density at radius 1 is 1.57 bits per heavy atom. The smallest absolute Gasteiger partial charge is 0.227 e. The van der Waals surface area contributed by atoms with Crippen LogP contribution in [0.2, 0.25) is 0 Å². The molecule has 0 amide bonds. The number of rotatable bonds is 4. The van der Waals surface area contributed by atoms with Gasteiger partial charge in [-0.1, -0.05) is 5.16 Å². The predicted octanol–water partition coefficient (Wildman–Crippen LogP) is 0.0815. The highest BCUT2D eigenvalue weighted by atomic mass is 16.5. The number of aromatic nitrogens is 2. The fourth-order valence-corrected chi connectivity index (χ4v) is 1.89. The minimum Gasteiger partial charge on any atom is -0.340 e. The van der Waals surface area contributed by atoms with Crippen LogP contribution in [0.5, 0.6) is 0 Å². The normalized spacial score (nSPS) is 26.9. The number of nitrogens with one attached hydrogen (secondary N) is 1. The second-order valence-electron chi connectivity index (χ2n) is 3.81. The molecule has 1 heterocycles. The first-order valence-electron chi connectivity index (χ1n) is 5.09. The minimum atomic E-state index is 0.385. The summed E-state index contributed by atoms with van der Waals surface area (Å²) in [6.45, 7) is 0.888. The molecule has 1 aliphatic carbocycles. The maximum absolute atomic E-state index is 5.81. The summed E-state index contributed by atoms with van der Waals surface area (Å²) in [6.07, 6.45) is 5.64. The fraction of sp³-hybridized carbons (Fsp3) is 0.778. The van der Waals surface area contributed by atoms with Crippen LogP contribution in [0.15, 0.2) is 10.9 Å². The molecule has 0 aromatic carbocycles. The Labute approximate surface area is 83.1 Å². The van der Waals surface area contributed by atoms with E-state index in [1.54, 1.807) is 0 Å². The molecular formula is C9H16N4O. The molecule has 1 aromatic rings. The molecule has 0 spiro atoms. The van der Waals surface area contributed by atoms with Crippen molar-refractivity contribution < 1.29 is 4.52 Å². The van der Waals surface area contributed by atoms with Crippen molar-refractivity contribution in [2.45, 2.75) is 37.8 Å². The van der Waals surface area contributed by atoms with Gasteiger partial charge in [0.1, 0.15) is 0 Å². The zero-order chi connectivity index (χ0) is 9.80. The molecule has 0 aliphatic heterocycles. The average molecular weight is 196 g/mol. The lowest BCUT2D eigenvalue weighted by Crippen LogP contribution is -2.30. The summed E-state index contributed by atoms with van der Waals surface area (Å²) in [5.41, 5.74) is 5.81.